The molecule has 0 unspecified atom stereocenters. The Morgan fingerprint density at radius 3 is 2.13 bits per heavy atom. The third-order valence-corrected chi connectivity index (χ3v) is 1.40. The molecule has 0 heterocycles. The maximum Gasteiger partial charge on any atom is 2.00 e. The molecule has 0 atom stereocenters. The standard InChI is InChI=1S/C9H7.C5H.Pd/c1-2-6-9-7-4-3-5-8-9;1-2-4-5-3-1;/h1,3-8H;1H;/q-3;-5;+2. The first-order chi connectivity index (χ1) is 6.93. The van der Waals surface area contributed by atoms with Crippen molar-refractivity contribution >= 4 is 0 Å². The van der Waals surface area contributed by atoms with Gasteiger partial charge in [0.25, 0.3) is 0 Å². The van der Waals surface area contributed by atoms with Gasteiger partial charge in [0.2, 0.25) is 0 Å². The third kappa shape index (κ3) is 6.85. The van der Waals surface area contributed by atoms with Crippen molar-refractivity contribution < 1.29 is 20.4 Å². The van der Waals surface area contributed by atoms with Gasteiger partial charge in [0, 0.05) is 0 Å². The van der Waals surface area contributed by atoms with Crippen LogP contribution in [0.5, 0.6) is 0 Å². The summed E-state index contributed by atoms with van der Waals surface area (Å²) < 4.78 is 0. The van der Waals surface area contributed by atoms with Gasteiger partial charge < -0.3 is 55.0 Å². The average molecular weight is 283 g/mol. The zero-order chi connectivity index (χ0) is 10.1. The maximum absolute atomic E-state index is 5.05. The van der Waals surface area contributed by atoms with E-state index in [1.165, 1.54) is 0 Å². The van der Waals surface area contributed by atoms with Crippen molar-refractivity contribution in [3.8, 4) is 0 Å². The Kier molecular flexibility index (Phi) is 8.67. The molecule has 0 nitrogen and oxygen atoms in total. The number of rotatable bonds is 2. The van der Waals surface area contributed by atoms with Gasteiger partial charge in [-0.25, -0.2) is 0 Å². The zero-order valence-electron chi connectivity index (χ0n) is 7.94. The molecule has 0 aromatic heterocycles. The van der Waals surface area contributed by atoms with Gasteiger partial charge in [0.1, 0.15) is 0 Å². The maximum atomic E-state index is 5.05. The van der Waals surface area contributed by atoms with Crippen molar-refractivity contribution in [1.82, 2.24) is 0 Å². The van der Waals surface area contributed by atoms with E-state index >= 15 is 0 Å². The van der Waals surface area contributed by atoms with E-state index in [0.717, 1.165) is 5.56 Å². The Morgan fingerprint density at radius 1 is 1.13 bits per heavy atom. The van der Waals surface area contributed by atoms with Crippen LogP contribution in [0.3, 0.4) is 0 Å². The van der Waals surface area contributed by atoms with Crippen LogP contribution >= 0.6 is 0 Å². The topological polar surface area (TPSA) is 0 Å². The molecule has 1 heteroatoms. The van der Waals surface area contributed by atoms with Crippen LogP contribution in [0.1, 0.15) is 5.56 Å². The first-order valence-corrected chi connectivity index (χ1v) is 4.10. The second-order valence-electron chi connectivity index (χ2n) is 2.40. The van der Waals surface area contributed by atoms with E-state index in [0.29, 0.717) is 0 Å². The Balaban J connectivity index is 0.000000280. The normalized spacial score (nSPS) is 7.73. The predicted octanol–water partition coefficient (Wildman–Crippen LogP) is 2.64. The summed E-state index contributed by atoms with van der Waals surface area (Å²) in [7, 11) is 0. The Morgan fingerprint density at radius 2 is 1.73 bits per heavy atom. The number of hydrogen-bond donors (Lipinski definition) is 0. The quantitative estimate of drug-likeness (QED) is 0.587. The summed E-state index contributed by atoms with van der Waals surface area (Å²) in [6.07, 6.45) is 4.20. The van der Waals surface area contributed by atoms with E-state index in [1.807, 2.05) is 30.3 Å². The molecule has 2 aromatic carbocycles. The predicted molar refractivity (Wildman–Crippen MR) is 54.8 cm³/mol. The molecule has 0 spiro atoms. The molecule has 0 saturated heterocycles. The van der Waals surface area contributed by atoms with Crippen molar-refractivity contribution in [2.75, 3.05) is 0 Å². The molecule has 0 aliphatic heterocycles. The van der Waals surface area contributed by atoms with Crippen LogP contribution in [0.25, 0.3) is 0 Å². The van der Waals surface area contributed by atoms with Crippen LogP contribution in [0, 0.1) is 43.3 Å². The van der Waals surface area contributed by atoms with Gasteiger partial charge in [-0.15, -0.1) is 0 Å². The van der Waals surface area contributed by atoms with Gasteiger partial charge in [-0.05, 0) is 0 Å². The summed E-state index contributed by atoms with van der Waals surface area (Å²) in [5.41, 5.74) is 1.08. The molecule has 0 fully saturated rings. The Hall–Kier alpha value is -1.16. The van der Waals surface area contributed by atoms with Gasteiger partial charge in [-0.1, -0.05) is 18.2 Å². The van der Waals surface area contributed by atoms with Crippen molar-refractivity contribution in [3.63, 3.8) is 0 Å². The van der Waals surface area contributed by atoms with Gasteiger partial charge >= 0.3 is 20.4 Å². The summed E-state index contributed by atoms with van der Waals surface area (Å²) in [6.45, 7) is 5.05. The SMILES string of the molecule is [CH-]=[C-][CH-]c1ccccc1.[Pd+2].[c-]1[c-][c-][cH-][c-]1. The molecule has 0 radical (unpaired) electrons. The molecule has 0 aliphatic rings. The van der Waals surface area contributed by atoms with Crippen molar-refractivity contribution in [3.05, 3.63) is 85.3 Å². The molecule has 2 rings (SSSR count). The fourth-order valence-corrected chi connectivity index (χ4v) is 0.826. The largest absolute Gasteiger partial charge is 2.00 e. The molecular weight excluding hydrogens is 275 g/mol. The fourth-order valence-electron chi connectivity index (χ4n) is 0.826. The summed E-state index contributed by atoms with van der Waals surface area (Å²) in [4.78, 5) is 0. The fraction of sp³-hybridized carbons (Fsp3) is 0. The van der Waals surface area contributed by atoms with Gasteiger partial charge in [-0.2, -0.15) is 12.1 Å². The smallest absolute Gasteiger partial charge is 0.999 e. The molecular formula is C14H8Pd-6. The second kappa shape index (κ2) is 9.40. The van der Waals surface area contributed by atoms with E-state index in [9.17, 15) is 0 Å². The van der Waals surface area contributed by atoms with Gasteiger partial charge in [0.15, 0.2) is 0 Å². The van der Waals surface area contributed by atoms with Crippen LogP contribution in [0.4, 0.5) is 0 Å². The molecule has 0 N–H and O–H groups in total. The summed E-state index contributed by atoms with van der Waals surface area (Å²) in [5, 5.41) is 0. The van der Waals surface area contributed by atoms with Crippen molar-refractivity contribution in [2.45, 2.75) is 0 Å². The molecule has 0 amide bonds. The van der Waals surface area contributed by atoms with E-state index in [2.05, 4.69) is 30.3 Å². The molecule has 0 bridgehead atoms. The van der Waals surface area contributed by atoms with Crippen molar-refractivity contribution in [1.29, 1.82) is 0 Å². The van der Waals surface area contributed by atoms with Gasteiger partial charge in [-0.3, -0.25) is 0 Å². The van der Waals surface area contributed by atoms with E-state index in [4.69, 9.17) is 6.58 Å². The first-order valence-electron chi connectivity index (χ1n) is 4.10. The molecule has 2 aromatic rings. The van der Waals surface area contributed by atoms with Gasteiger partial charge in [0.05, 0.1) is 0 Å². The van der Waals surface area contributed by atoms with E-state index in [1.54, 1.807) is 12.5 Å². The van der Waals surface area contributed by atoms with Crippen LogP contribution in [0.15, 0.2) is 36.4 Å². The molecule has 80 valence electrons. The van der Waals surface area contributed by atoms with Crippen LogP contribution < -0.4 is 0 Å². The number of hydrogen-bond acceptors (Lipinski definition) is 0. The number of allylic oxidation sites excluding steroid dienone is 1. The summed E-state index contributed by atoms with van der Waals surface area (Å²) >= 11 is 0. The zero-order valence-corrected chi connectivity index (χ0v) is 9.49. The van der Waals surface area contributed by atoms with Crippen LogP contribution in [0.2, 0.25) is 0 Å². The second-order valence-corrected chi connectivity index (χ2v) is 2.40. The minimum Gasteiger partial charge on any atom is -0.999 e. The van der Waals surface area contributed by atoms with Crippen molar-refractivity contribution in [2.24, 2.45) is 0 Å². The monoisotopic (exact) mass is 282 g/mol. The first kappa shape index (κ1) is 13.8. The summed E-state index contributed by atoms with van der Waals surface area (Å²) in [6, 6.07) is 21.8. The van der Waals surface area contributed by atoms with E-state index in [-0.39, 0.29) is 20.4 Å². The van der Waals surface area contributed by atoms with E-state index < -0.39 is 0 Å². The third-order valence-electron chi connectivity index (χ3n) is 1.40. The minimum absolute atomic E-state index is 0. The Bertz CT molecular complexity index is 304. The van der Waals surface area contributed by atoms with Crippen LogP contribution in [-0.4, -0.2) is 0 Å². The molecule has 0 aliphatic carbocycles. The number of benzene rings is 1. The molecule has 15 heavy (non-hydrogen) atoms. The Labute approximate surface area is 106 Å². The molecule has 0 saturated carbocycles. The minimum atomic E-state index is 0. The van der Waals surface area contributed by atoms with Crippen LogP contribution in [-0.2, 0) is 20.4 Å². The summed E-state index contributed by atoms with van der Waals surface area (Å²) in [5.74, 6) is 0. The average Bonchev–Trinajstić information content (AvgIpc) is 2.78.